The number of halogens is 1. The summed E-state index contributed by atoms with van der Waals surface area (Å²) in [6.07, 6.45) is 1.57. The Morgan fingerprint density at radius 1 is 1.20 bits per heavy atom. The Hall–Kier alpha value is -3.36. The Bertz CT molecular complexity index is 1430. The van der Waals surface area contributed by atoms with Crippen LogP contribution in [0.15, 0.2) is 59.5 Å². The fourth-order valence-electron chi connectivity index (χ4n) is 3.21. The Labute approximate surface area is 181 Å². The van der Waals surface area contributed by atoms with Gasteiger partial charge in [-0.1, -0.05) is 23.7 Å². The molecule has 0 saturated carbocycles. The van der Waals surface area contributed by atoms with Crippen LogP contribution in [-0.2, 0) is 6.54 Å². The smallest absolute Gasteiger partial charge is 0.269 e. The van der Waals surface area contributed by atoms with Crippen LogP contribution in [0.25, 0.3) is 16.9 Å². The zero-order valence-corrected chi connectivity index (χ0v) is 17.4. The molecular formula is C21H16ClN5O2S. The quantitative estimate of drug-likeness (QED) is 0.493. The highest BCUT2D eigenvalue weighted by Crippen LogP contribution is 2.19. The average Bonchev–Trinajstić information content (AvgIpc) is 2.71. The first kappa shape index (κ1) is 19.9. The third kappa shape index (κ3) is 3.62. The number of rotatable bonds is 4. The molecule has 30 heavy (non-hydrogen) atoms. The van der Waals surface area contributed by atoms with Crippen LogP contribution in [0.5, 0.6) is 0 Å². The molecule has 0 atom stereocenters. The first-order valence-electron chi connectivity index (χ1n) is 8.99. The minimum atomic E-state index is -0.594. The van der Waals surface area contributed by atoms with Crippen LogP contribution in [0, 0.1) is 11.7 Å². The van der Waals surface area contributed by atoms with Gasteiger partial charge < -0.3 is 10.3 Å². The maximum absolute atomic E-state index is 13.3. The van der Waals surface area contributed by atoms with Gasteiger partial charge in [0.2, 0.25) is 11.9 Å². The number of carbonyl (C=O) groups excluding carboxylic acids is 1. The van der Waals surface area contributed by atoms with E-state index in [2.05, 4.69) is 9.97 Å². The highest BCUT2D eigenvalue weighted by atomic mass is 35.5. The number of hydrogen-bond donors (Lipinski definition) is 1. The standard InChI is InChI=1S/C21H16ClN5O2S/c1-12-7-8-24-20(25-12)27-19(29)16-6-5-14(18(23)28)10-17(16)26(21(27)30)11-13-3-2-4-15(22)9-13/h2-10H,11H2,1H3,(H2,23,28). The predicted octanol–water partition coefficient (Wildman–Crippen LogP) is 3.42. The molecular weight excluding hydrogens is 422 g/mol. The molecule has 0 fully saturated rings. The van der Waals surface area contributed by atoms with Crippen molar-refractivity contribution < 1.29 is 4.79 Å². The van der Waals surface area contributed by atoms with Crippen LogP contribution < -0.4 is 11.3 Å². The molecule has 0 unspecified atom stereocenters. The van der Waals surface area contributed by atoms with E-state index in [9.17, 15) is 9.59 Å². The number of primary amides is 1. The number of fused-ring (bicyclic) bond motifs is 1. The summed E-state index contributed by atoms with van der Waals surface area (Å²) in [5.41, 5.74) is 7.41. The van der Waals surface area contributed by atoms with Crippen molar-refractivity contribution in [3.05, 3.63) is 91.7 Å². The van der Waals surface area contributed by atoms with Crippen LogP contribution in [0.4, 0.5) is 0 Å². The van der Waals surface area contributed by atoms with Gasteiger partial charge in [0.05, 0.1) is 17.4 Å². The van der Waals surface area contributed by atoms with Gasteiger partial charge in [-0.15, -0.1) is 0 Å². The number of nitrogens with zero attached hydrogens (tertiary/aromatic N) is 4. The van der Waals surface area contributed by atoms with Gasteiger partial charge in [-0.2, -0.15) is 0 Å². The molecule has 7 nitrogen and oxygen atoms in total. The van der Waals surface area contributed by atoms with Crippen LogP contribution in [0.1, 0.15) is 21.6 Å². The monoisotopic (exact) mass is 437 g/mol. The van der Waals surface area contributed by atoms with E-state index in [0.29, 0.717) is 28.2 Å². The summed E-state index contributed by atoms with van der Waals surface area (Å²) in [5, 5.41) is 0.942. The second kappa shape index (κ2) is 7.81. The molecule has 2 N–H and O–H groups in total. The predicted molar refractivity (Wildman–Crippen MR) is 118 cm³/mol. The molecule has 1 amide bonds. The van der Waals surface area contributed by atoms with E-state index in [1.165, 1.54) is 10.6 Å². The van der Waals surface area contributed by atoms with Crippen molar-refractivity contribution in [2.24, 2.45) is 5.73 Å². The van der Waals surface area contributed by atoms with Crippen molar-refractivity contribution in [2.45, 2.75) is 13.5 Å². The molecule has 2 aromatic heterocycles. The highest BCUT2D eigenvalue weighted by molar-refractivity contribution is 7.71. The lowest BCUT2D eigenvalue weighted by molar-refractivity contribution is 0.100. The van der Waals surface area contributed by atoms with Crippen molar-refractivity contribution in [2.75, 3.05) is 0 Å². The van der Waals surface area contributed by atoms with Crippen molar-refractivity contribution in [3.63, 3.8) is 0 Å². The maximum atomic E-state index is 13.3. The zero-order chi connectivity index (χ0) is 21.4. The molecule has 0 spiro atoms. The number of carbonyl (C=O) groups is 1. The van der Waals surface area contributed by atoms with Crippen LogP contribution in [-0.4, -0.2) is 25.0 Å². The summed E-state index contributed by atoms with van der Waals surface area (Å²) >= 11 is 11.8. The van der Waals surface area contributed by atoms with Crippen LogP contribution >= 0.6 is 23.8 Å². The van der Waals surface area contributed by atoms with Gasteiger partial charge in [-0.3, -0.25) is 9.59 Å². The molecule has 4 rings (SSSR count). The lowest BCUT2D eigenvalue weighted by Gasteiger charge is -2.16. The Morgan fingerprint density at radius 2 is 2.00 bits per heavy atom. The fourth-order valence-corrected chi connectivity index (χ4v) is 3.75. The van der Waals surface area contributed by atoms with E-state index >= 15 is 0 Å². The summed E-state index contributed by atoms with van der Waals surface area (Å²) < 4.78 is 3.23. The lowest BCUT2D eigenvalue weighted by atomic mass is 10.1. The highest BCUT2D eigenvalue weighted by Gasteiger charge is 2.16. The Kier molecular flexibility index (Phi) is 5.19. The van der Waals surface area contributed by atoms with Gasteiger partial charge in [-0.25, -0.2) is 14.5 Å². The maximum Gasteiger partial charge on any atom is 0.269 e. The average molecular weight is 438 g/mol. The summed E-state index contributed by atoms with van der Waals surface area (Å²) in [5.74, 6) is -0.408. The molecule has 0 aliphatic heterocycles. The van der Waals surface area contributed by atoms with Gasteiger partial charge in [0.1, 0.15) is 0 Å². The molecule has 2 heterocycles. The van der Waals surface area contributed by atoms with Gasteiger partial charge in [0.15, 0.2) is 4.77 Å². The van der Waals surface area contributed by atoms with E-state index in [0.717, 1.165) is 5.56 Å². The minimum absolute atomic E-state index is 0.186. The molecule has 150 valence electrons. The molecule has 4 aromatic rings. The van der Waals surface area contributed by atoms with Crippen molar-refractivity contribution in [3.8, 4) is 5.95 Å². The first-order valence-corrected chi connectivity index (χ1v) is 9.77. The number of aromatic nitrogens is 4. The van der Waals surface area contributed by atoms with Gasteiger partial charge in [0.25, 0.3) is 5.56 Å². The topological polar surface area (TPSA) is 95.8 Å². The number of nitrogens with two attached hydrogens (primary N) is 1. The summed E-state index contributed by atoms with van der Waals surface area (Å²) in [4.78, 5) is 33.6. The fraction of sp³-hybridized carbons (Fsp3) is 0.0952. The molecule has 9 heteroatoms. The van der Waals surface area contributed by atoms with Crippen molar-refractivity contribution in [1.82, 2.24) is 19.1 Å². The van der Waals surface area contributed by atoms with Crippen molar-refractivity contribution in [1.29, 1.82) is 0 Å². The Balaban J connectivity index is 2.07. The van der Waals surface area contributed by atoms with Crippen LogP contribution in [0.2, 0.25) is 5.02 Å². The second-order valence-electron chi connectivity index (χ2n) is 6.73. The number of hydrogen-bond acceptors (Lipinski definition) is 5. The van der Waals surface area contributed by atoms with Gasteiger partial charge in [-0.05, 0) is 61.1 Å². The Morgan fingerprint density at radius 3 is 2.70 bits per heavy atom. The minimum Gasteiger partial charge on any atom is -0.366 e. The molecule has 0 aliphatic carbocycles. The van der Waals surface area contributed by atoms with E-state index in [-0.39, 0.29) is 21.8 Å². The van der Waals surface area contributed by atoms with Gasteiger partial charge >= 0.3 is 0 Å². The van der Waals surface area contributed by atoms with E-state index in [1.54, 1.807) is 42.0 Å². The van der Waals surface area contributed by atoms with E-state index in [4.69, 9.17) is 29.6 Å². The largest absolute Gasteiger partial charge is 0.366 e. The number of amides is 1. The third-order valence-corrected chi connectivity index (χ3v) is 5.28. The summed E-state index contributed by atoms with van der Waals surface area (Å²) in [6, 6.07) is 13.7. The molecule has 2 aromatic carbocycles. The molecule has 0 aliphatic rings. The van der Waals surface area contributed by atoms with E-state index in [1.807, 2.05) is 18.2 Å². The first-order chi connectivity index (χ1) is 14.3. The molecule has 0 saturated heterocycles. The normalized spacial score (nSPS) is 11.0. The lowest BCUT2D eigenvalue weighted by Crippen LogP contribution is -2.26. The molecule has 0 bridgehead atoms. The van der Waals surface area contributed by atoms with E-state index < -0.39 is 5.91 Å². The second-order valence-corrected chi connectivity index (χ2v) is 7.53. The SMILES string of the molecule is Cc1ccnc(-n2c(=O)c3ccc(C(N)=O)cc3n(Cc3cccc(Cl)c3)c2=S)n1. The zero-order valence-electron chi connectivity index (χ0n) is 15.9. The summed E-state index contributed by atoms with van der Waals surface area (Å²) in [6.45, 7) is 2.13. The third-order valence-electron chi connectivity index (χ3n) is 4.64. The molecule has 0 radical (unpaired) electrons. The van der Waals surface area contributed by atoms with Crippen LogP contribution in [0.3, 0.4) is 0 Å². The summed E-state index contributed by atoms with van der Waals surface area (Å²) in [7, 11) is 0. The number of benzene rings is 2. The number of aryl methyl sites for hydroxylation is 1. The van der Waals surface area contributed by atoms with Gasteiger partial charge in [0, 0.05) is 22.5 Å². The van der Waals surface area contributed by atoms with Crippen molar-refractivity contribution >= 4 is 40.6 Å².